The molecule has 3 rings (SSSR count). The van der Waals surface area contributed by atoms with Crippen molar-refractivity contribution in [3.8, 4) is 5.75 Å². The van der Waals surface area contributed by atoms with Gasteiger partial charge in [0, 0.05) is 6.07 Å². The van der Waals surface area contributed by atoms with Crippen molar-refractivity contribution >= 4 is 0 Å². The Kier molecular flexibility index (Phi) is 4.07. The van der Waals surface area contributed by atoms with Crippen molar-refractivity contribution < 1.29 is 13.9 Å². The molecule has 0 spiro atoms. The maximum atomic E-state index is 11.5. The normalized spacial score (nSPS) is 22.8. The molecule has 2 aromatic rings. The van der Waals surface area contributed by atoms with E-state index in [1.165, 1.54) is 6.07 Å². The fourth-order valence-electron chi connectivity index (χ4n) is 3.03. The van der Waals surface area contributed by atoms with Crippen molar-refractivity contribution in [2.45, 2.75) is 39.3 Å². The summed E-state index contributed by atoms with van der Waals surface area (Å²) in [5, 5.41) is 9.28. The Morgan fingerprint density at radius 2 is 2.23 bits per heavy atom. The van der Waals surface area contributed by atoms with Crippen LogP contribution in [0.1, 0.15) is 43.1 Å². The molecule has 1 fully saturated rings. The van der Waals surface area contributed by atoms with Crippen molar-refractivity contribution in [3.63, 3.8) is 0 Å². The quantitative estimate of drug-likeness (QED) is 0.943. The molecule has 0 amide bonds. The van der Waals surface area contributed by atoms with Crippen LogP contribution in [0.4, 0.5) is 0 Å². The van der Waals surface area contributed by atoms with Crippen molar-refractivity contribution in [1.29, 1.82) is 0 Å². The highest BCUT2D eigenvalue weighted by Gasteiger charge is 2.30. The number of piperidine rings is 1. The Labute approximate surface area is 129 Å². The molecule has 1 aliphatic heterocycles. The summed E-state index contributed by atoms with van der Waals surface area (Å²) in [6.07, 6.45) is 3.24. The van der Waals surface area contributed by atoms with Crippen LogP contribution in [-0.2, 0) is 6.54 Å². The lowest BCUT2D eigenvalue weighted by Gasteiger charge is -2.37. The molecule has 1 N–H and O–H groups in total. The number of rotatable bonds is 3. The van der Waals surface area contributed by atoms with E-state index in [4.69, 9.17) is 8.83 Å². The number of hydrogen-bond acceptors (Lipinski definition) is 5. The van der Waals surface area contributed by atoms with E-state index in [-0.39, 0.29) is 11.8 Å². The van der Waals surface area contributed by atoms with Gasteiger partial charge in [-0.25, -0.2) is 0 Å². The predicted molar refractivity (Wildman–Crippen MR) is 81.6 cm³/mol. The zero-order valence-electron chi connectivity index (χ0n) is 12.9. The molecular formula is C17H21NO4. The third-order valence-electron chi connectivity index (χ3n) is 4.29. The van der Waals surface area contributed by atoms with E-state index in [2.05, 4.69) is 11.8 Å². The summed E-state index contributed by atoms with van der Waals surface area (Å²) in [5.41, 5.74) is -0.406. The molecule has 5 heteroatoms. The highest BCUT2D eigenvalue weighted by atomic mass is 16.4. The van der Waals surface area contributed by atoms with Crippen LogP contribution in [0.2, 0.25) is 0 Å². The molecule has 0 bridgehead atoms. The summed E-state index contributed by atoms with van der Waals surface area (Å²) < 4.78 is 11.1. The Morgan fingerprint density at radius 1 is 1.41 bits per heavy atom. The Hall–Kier alpha value is -2.01. The van der Waals surface area contributed by atoms with Crippen LogP contribution in [0, 0.1) is 12.8 Å². The van der Waals surface area contributed by atoms with E-state index in [9.17, 15) is 9.90 Å². The lowest BCUT2D eigenvalue weighted by molar-refractivity contribution is 0.0859. The van der Waals surface area contributed by atoms with Crippen molar-refractivity contribution in [2.75, 3.05) is 6.54 Å². The molecular weight excluding hydrogens is 282 g/mol. The smallest absolute Gasteiger partial charge is 0.226 e. The number of aryl methyl sites for hydroxylation is 1. The molecule has 118 valence electrons. The molecule has 2 atom stereocenters. The SMILES string of the molecule is Cc1ccc([C@@H]2C[C@H](C)CCN2Cc2cc(=O)c(O)co2)o1. The second kappa shape index (κ2) is 6.01. The summed E-state index contributed by atoms with van der Waals surface area (Å²) in [6.45, 7) is 5.66. The van der Waals surface area contributed by atoms with E-state index < -0.39 is 5.43 Å². The van der Waals surface area contributed by atoms with Crippen LogP contribution in [0.5, 0.6) is 5.75 Å². The number of furan rings is 1. The van der Waals surface area contributed by atoms with E-state index in [0.717, 1.165) is 37.2 Å². The van der Waals surface area contributed by atoms with Gasteiger partial charge in [0.15, 0.2) is 5.75 Å². The number of nitrogens with zero attached hydrogens (tertiary/aromatic N) is 1. The van der Waals surface area contributed by atoms with Gasteiger partial charge in [0.1, 0.15) is 23.5 Å². The third-order valence-corrected chi connectivity index (χ3v) is 4.29. The topological polar surface area (TPSA) is 66.8 Å². The van der Waals surface area contributed by atoms with Gasteiger partial charge < -0.3 is 13.9 Å². The largest absolute Gasteiger partial charge is 0.502 e. The van der Waals surface area contributed by atoms with Gasteiger partial charge >= 0.3 is 0 Å². The molecule has 0 unspecified atom stereocenters. The summed E-state index contributed by atoms with van der Waals surface area (Å²) in [5.74, 6) is 2.72. The first-order valence-electron chi connectivity index (χ1n) is 7.64. The average Bonchev–Trinajstić information content (AvgIpc) is 2.91. The Balaban J connectivity index is 1.83. The molecule has 0 aliphatic carbocycles. The van der Waals surface area contributed by atoms with Gasteiger partial charge in [-0.15, -0.1) is 0 Å². The second-order valence-corrected chi connectivity index (χ2v) is 6.16. The molecule has 0 saturated carbocycles. The first kappa shape index (κ1) is 14.9. The van der Waals surface area contributed by atoms with Gasteiger partial charge in [-0.1, -0.05) is 6.92 Å². The molecule has 1 saturated heterocycles. The predicted octanol–water partition coefficient (Wildman–Crippen LogP) is 3.22. The summed E-state index contributed by atoms with van der Waals surface area (Å²) in [7, 11) is 0. The lowest BCUT2D eigenvalue weighted by atomic mass is 9.91. The molecule has 3 heterocycles. The molecule has 2 aromatic heterocycles. The van der Waals surface area contributed by atoms with Crippen LogP contribution < -0.4 is 5.43 Å². The minimum Gasteiger partial charge on any atom is -0.502 e. The van der Waals surface area contributed by atoms with Gasteiger partial charge in [0.25, 0.3) is 0 Å². The van der Waals surface area contributed by atoms with E-state index in [0.29, 0.717) is 18.2 Å². The van der Waals surface area contributed by atoms with Crippen LogP contribution >= 0.6 is 0 Å². The second-order valence-electron chi connectivity index (χ2n) is 6.16. The van der Waals surface area contributed by atoms with Crippen molar-refractivity contribution in [2.24, 2.45) is 5.92 Å². The zero-order valence-corrected chi connectivity index (χ0v) is 12.9. The summed E-state index contributed by atoms with van der Waals surface area (Å²) >= 11 is 0. The van der Waals surface area contributed by atoms with Crippen LogP contribution in [0.15, 0.2) is 38.1 Å². The molecule has 0 aromatic carbocycles. The monoisotopic (exact) mass is 303 g/mol. The summed E-state index contributed by atoms with van der Waals surface area (Å²) in [6, 6.07) is 5.56. The van der Waals surface area contributed by atoms with E-state index in [1.54, 1.807) is 0 Å². The third kappa shape index (κ3) is 3.09. The number of hydrogen-bond donors (Lipinski definition) is 1. The Bertz CT molecular complexity index is 703. The maximum absolute atomic E-state index is 11.5. The van der Waals surface area contributed by atoms with Crippen LogP contribution in [0.3, 0.4) is 0 Å². The van der Waals surface area contributed by atoms with Gasteiger partial charge in [-0.2, -0.15) is 0 Å². The molecule has 1 aliphatic rings. The fraction of sp³-hybridized carbons (Fsp3) is 0.471. The first-order valence-corrected chi connectivity index (χ1v) is 7.64. The van der Waals surface area contributed by atoms with Gasteiger partial charge in [0.05, 0.1) is 12.6 Å². The van der Waals surface area contributed by atoms with E-state index >= 15 is 0 Å². The average molecular weight is 303 g/mol. The lowest BCUT2D eigenvalue weighted by Crippen LogP contribution is -2.35. The van der Waals surface area contributed by atoms with Crippen LogP contribution in [0.25, 0.3) is 0 Å². The number of likely N-dealkylation sites (tertiary alicyclic amines) is 1. The van der Waals surface area contributed by atoms with Crippen molar-refractivity contribution in [3.05, 3.63) is 52.0 Å². The van der Waals surface area contributed by atoms with E-state index in [1.807, 2.05) is 19.1 Å². The minimum atomic E-state index is -0.406. The zero-order chi connectivity index (χ0) is 15.7. The van der Waals surface area contributed by atoms with Crippen molar-refractivity contribution in [1.82, 2.24) is 4.90 Å². The standard InChI is InChI=1S/C17H21NO4/c1-11-5-6-18(9-13-8-15(19)16(20)10-21-13)14(7-11)17-4-3-12(2)22-17/h3-4,8,10-11,14,20H,5-7,9H2,1-2H3/t11-,14+/m1/s1. The maximum Gasteiger partial charge on any atom is 0.226 e. The van der Waals surface area contributed by atoms with Gasteiger partial charge in [-0.3, -0.25) is 9.69 Å². The van der Waals surface area contributed by atoms with Crippen LogP contribution in [-0.4, -0.2) is 16.6 Å². The fourth-order valence-corrected chi connectivity index (χ4v) is 3.03. The van der Waals surface area contributed by atoms with Gasteiger partial charge in [0.2, 0.25) is 5.43 Å². The molecule has 0 radical (unpaired) electrons. The number of aromatic hydroxyl groups is 1. The summed E-state index contributed by atoms with van der Waals surface area (Å²) in [4.78, 5) is 13.8. The highest BCUT2D eigenvalue weighted by molar-refractivity contribution is 5.16. The Morgan fingerprint density at radius 3 is 2.91 bits per heavy atom. The molecule has 22 heavy (non-hydrogen) atoms. The highest BCUT2D eigenvalue weighted by Crippen LogP contribution is 2.35. The van der Waals surface area contributed by atoms with Gasteiger partial charge in [-0.05, 0) is 44.4 Å². The first-order chi connectivity index (χ1) is 10.5. The molecule has 5 nitrogen and oxygen atoms in total. The minimum absolute atomic E-state index is 0.191.